The number of phosphoric acid groups is 2. The number of carbonyl (C=O) groups is 4. The molecule has 4 aliphatic rings. The SMILES string of the molecule is C#CC1(O)CCC2C3CCC4=Cc5oncc5CC4(C)C3CCC21C.CCCCCCCCCCCC(=O)OCC(COP(=O)([O-])OCC(O)COP(=O)([O-])OCC(COC(=O)CCCCCCCCCCC)OC(=O)CCCCCCCCCCC)OC(=O)CCCCCCCCCCC.[Na+].[Na+]. The number of hydrogen-bond donors (Lipinski definition) is 2. The smallest absolute Gasteiger partial charge is 0.756 e. The zero-order chi connectivity index (χ0) is 73.7. The molecule has 1 aromatic heterocycles. The third-order valence-corrected chi connectivity index (χ3v) is 23.6. The summed E-state index contributed by atoms with van der Waals surface area (Å²) >= 11 is 0. The van der Waals surface area contributed by atoms with Gasteiger partial charge in [-0.25, -0.2) is 0 Å². The summed E-state index contributed by atoms with van der Waals surface area (Å²) in [5.41, 5.74) is 1.99. The fourth-order valence-electron chi connectivity index (χ4n) is 15.5. The minimum Gasteiger partial charge on any atom is -0.756 e. The Morgan fingerprint density at radius 3 is 1.26 bits per heavy atom. The van der Waals surface area contributed by atoms with Crippen molar-refractivity contribution in [3.8, 4) is 12.3 Å². The van der Waals surface area contributed by atoms with E-state index in [0.29, 0.717) is 43.4 Å². The number of aromatic nitrogens is 1. The van der Waals surface area contributed by atoms with E-state index in [1.54, 1.807) is 5.57 Å². The number of fused-ring (bicyclic) bond motifs is 6. The van der Waals surface area contributed by atoms with Crippen LogP contribution < -0.4 is 68.9 Å². The van der Waals surface area contributed by atoms with Gasteiger partial charge in [-0.15, -0.1) is 6.42 Å². The van der Waals surface area contributed by atoms with Crippen molar-refractivity contribution in [2.45, 2.75) is 367 Å². The monoisotopic (exact) mass is 1510 g/mol. The van der Waals surface area contributed by atoms with Gasteiger partial charge in [0.2, 0.25) is 0 Å². The first-order valence-electron chi connectivity index (χ1n) is 40.0. The summed E-state index contributed by atoms with van der Waals surface area (Å²) in [4.78, 5) is 76.2. The molecular formula is C79H135NNa2O19P2. The summed E-state index contributed by atoms with van der Waals surface area (Å²) in [5.74, 6) is 3.40. The minimum absolute atomic E-state index is 0. The second-order valence-corrected chi connectivity index (χ2v) is 32.9. The quantitative estimate of drug-likeness (QED) is 0.0153. The molecular weight excluding hydrogens is 1370 g/mol. The maximum Gasteiger partial charge on any atom is 1.00 e. The number of terminal acetylenes is 1. The molecule has 0 saturated heterocycles. The zero-order valence-corrected chi connectivity index (χ0v) is 71.1. The molecule has 3 saturated carbocycles. The van der Waals surface area contributed by atoms with Gasteiger partial charge in [0.15, 0.2) is 18.0 Å². The number of rotatable bonds is 58. The Balaban J connectivity index is 0.00000109. The summed E-state index contributed by atoms with van der Waals surface area (Å²) in [6, 6.07) is 0. The normalized spacial score (nSPS) is 22.2. The maximum atomic E-state index is 12.8. The van der Waals surface area contributed by atoms with E-state index in [-0.39, 0.29) is 95.6 Å². The first kappa shape index (κ1) is 97.6. The maximum absolute atomic E-state index is 12.8. The van der Waals surface area contributed by atoms with Gasteiger partial charge in [0.05, 0.1) is 32.6 Å². The number of ether oxygens (including phenoxy) is 4. The second kappa shape index (κ2) is 55.9. The van der Waals surface area contributed by atoms with Crippen molar-refractivity contribution in [3.05, 3.63) is 23.1 Å². The Kier molecular flexibility index (Phi) is 52.9. The predicted octanol–water partition coefficient (Wildman–Crippen LogP) is 12.2. The minimum atomic E-state index is -5.20. The fraction of sp³-hybridized carbons (Fsp3) is 0.861. The van der Waals surface area contributed by atoms with Crippen LogP contribution in [0.25, 0.3) is 6.08 Å². The van der Waals surface area contributed by atoms with Crippen molar-refractivity contribution in [1.29, 1.82) is 0 Å². The topological polar surface area (TPSA) is 289 Å². The van der Waals surface area contributed by atoms with Crippen molar-refractivity contribution in [2.75, 3.05) is 39.6 Å². The van der Waals surface area contributed by atoms with Gasteiger partial charge in [-0.3, -0.25) is 28.3 Å². The van der Waals surface area contributed by atoms with Crippen molar-refractivity contribution < 1.29 is 149 Å². The van der Waals surface area contributed by atoms with Crippen LogP contribution in [0, 0.1) is 40.9 Å². The molecule has 103 heavy (non-hydrogen) atoms. The second-order valence-electron chi connectivity index (χ2n) is 30.0. The summed E-state index contributed by atoms with van der Waals surface area (Å²) in [6.07, 6.45) is 51.6. The Hall–Kier alpha value is -1.47. The largest absolute Gasteiger partial charge is 1.00 e. The van der Waals surface area contributed by atoms with Crippen LogP contribution >= 0.6 is 15.6 Å². The molecule has 1 heterocycles. The summed E-state index contributed by atoms with van der Waals surface area (Å²) in [7, 11) is -10.4. The van der Waals surface area contributed by atoms with Crippen LogP contribution in [0.5, 0.6) is 0 Å². The molecule has 0 aromatic carbocycles. The van der Waals surface area contributed by atoms with Gasteiger partial charge in [-0.2, -0.15) is 0 Å². The molecule has 0 aliphatic heterocycles. The Morgan fingerprint density at radius 2 is 0.883 bits per heavy atom. The number of hydrogen-bond acceptors (Lipinski definition) is 20. The molecule has 24 heteroatoms. The van der Waals surface area contributed by atoms with E-state index in [0.717, 1.165) is 147 Å². The Bertz CT molecular complexity index is 2530. The van der Waals surface area contributed by atoms with E-state index >= 15 is 0 Å². The Labute approximate surface area is 665 Å². The number of unbranched alkanes of at least 4 members (excludes halogenated alkanes) is 32. The number of aliphatic hydroxyl groups excluding tert-OH is 1. The van der Waals surface area contributed by atoms with Crippen molar-refractivity contribution in [2.24, 2.45) is 28.6 Å². The van der Waals surface area contributed by atoms with E-state index in [4.69, 9.17) is 48.0 Å². The molecule has 0 radical (unpaired) electrons. The van der Waals surface area contributed by atoms with Crippen molar-refractivity contribution in [1.82, 2.24) is 5.16 Å². The molecule has 10 unspecified atom stereocenters. The van der Waals surface area contributed by atoms with Crippen LogP contribution in [-0.2, 0) is 71.8 Å². The summed E-state index contributed by atoms with van der Waals surface area (Å²) in [6.45, 7) is 9.08. The number of nitrogens with zero attached hydrogens (tertiary/aromatic N) is 1. The van der Waals surface area contributed by atoms with Gasteiger partial charge >= 0.3 is 83.0 Å². The van der Waals surface area contributed by atoms with Crippen LogP contribution in [0.2, 0.25) is 0 Å². The standard InChI is InChI=1S/C57H110O17P2.C22H27NO2.2Na/c1-5-9-13-17-21-25-29-33-37-41-54(59)67-47-52(73-56(61)43-39-35-31-27-23-19-15-11-7-3)49-71-75(63,64)69-45-51(58)46-70-76(65,66)72-50-53(74-57(62)44-40-36-32-28-24-20-16-12-8-4)48-68-55(60)42-38-34-30-26-22-18-14-10-6-2;1-4-22(24)10-8-18-16-6-5-15-11-19-14(13-23-25-19)12-20(15,2)17(16)7-9-21(18,22)3;;/h51-53,58H,5-50H2,1-4H3,(H,63,64)(H,65,66);1,11,13,16-18,24H,5-10,12H2,2-3H3;;/q;;2*+1/p-2. The summed E-state index contributed by atoms with van der Waals surface area (Å²) < 4.78 is 72.1. The van der Waals surface area contributed by atoms with Gasteiger partial charge in [0, 0.05) is 36.7 Å². The zero-order valence-electron chi connectivity index (χ0n) is 65.3. The molecule has 0 bridgehead atoms. The third-order valence-electron chi connectivity index (χ3n) is 21.7. The molecule has 582 valence electrons. The van der Waals surface area contributed by atoms with Crippen LogP contribution in [-0.4, -0.2) is 103 Å². The molecule has 1 aromatic rings. The van der Waals surface area contributed by atoms with Crippen LogP contribution in [0.4, 0.5) is 0 Å². The van der Waals surface area contributed by atoms with Crippen LogP contribution in [0.1, 0.15) is 348 Å². The van der Waals surface area contributed by atoms with Crippen molar-refractivity contribution in [3.63, 3.8) is 0 Å². The fourth-order valence-corrected chi connectivity index (χ4v) is 17.1. The molecule has 0 amide bonds. The van der Waals surface area contributed by atoms with E-state index in [2.05, 4.69) is 58.7 Å². The first-order valence-corrected chi connectivity index (χ1v) is 42.9. The number of esters is 4. The molecule has 2 N–H and O–H groups in total. The summed E-state index contributed by atoms with van der Waals surface area (Å²) in [5, 5.41) is 25.5. The molecule has 0 spiro atoms. The number of allylic oxidation sites excluding steroid dienone is 1. The number of carbonyl (C=O) groups excluding carboxylic acids is 4. The first-order chi connectivity index (χ1) is 48.6. The predicted molar refractivity (Wildman–Crippen MR) is 390 cm³/mol. The molecule has 20 nitrogen and oxygen atoms in total. The molecule has 10 atom stereocenters. The van der Waals surface area contributed by atoms with E-state index in [1.165, 1.54) is 115 Å². The van der Waals surface area contributed by atoms with Gasteiger partial charge in [0.25, 0.3) is 15.6 Å². The molecule has 5 rings (SSSR count). The number of phosphoric ester groups is 2. The average Bonchev–Trinajstić information content (AvgIpc) is 1.69. The van der Waals surface area contributed by atoms with E-state index in [1.807, 2.05) is 6.20 Å². The average molecular weight is 1510 g/mol. The van der Waals surface area contributed by atoms with Gasteiger partial charge in [-0.05, 0) is 99.9 Å². The number of aliphatic hydroxyl groups is 2. The van der Waals surface area contributed by atoms with Crippen molar-refractivity contribution >= 4 is 45.6 Å². The van der Waals surface area contributed by atoms with Crippen LogP contribution in [0.15, 0.2) is 16.3 Å². The Morgan fingerprint density at radius 1 is 0.534 bits per heavy atom. The molecule has 4 aliphatic carbocycles. The van der Waals surface area contributed by atoms with Gasteiger partial charge in [0.1, 0.15) is 24.9 Å². The van der Waals surface area contributed by atoms with E-state index in [9.17, 15) is 48.3 Å². The van der Waals surface area contributed by atoms with Crippen LogP contribution in [0.3, 0.4) is 0 Å². The van der Waals surface area contributed by atoms with E-state index < -0.39 is 103 Å². The van der Waals surface area contributed by atoms with Gasteiger partial charge in [-0.1, -0.05) is 264 Å². The van der Waals surface area contributed by atoms with Gasteiger partial charge < -0.3 is 61.6 Å². The molecule has 3 fully saturated rings. The third kappa shape index (κ3) is 38.8.